The summed E-state index contributed by atoms with van der Waals surface area (Å²) < 4.78 is 0. The SMILES string of the molecule is O=C1CC(C2CCCC2)ON1CCO. The number of aliphatic hydroxyl groups is 1. The van der Waals surface area contributed by atoms with Gasteiger partial charge in [0.1, 0.15) is 0 Å². The van der Waals surface area contributed by atoms with Crippen LogP contribution < -0.4 is 0 Å². The molecule has 1 aliphatic heterocycles. The molecule has 0 aromatic heterocycles. The van der Waals surface area contributed by atoms with Gasteiger partial charge in [0.2, 0.25) is 5.91 Å². The van der Waals surface area contributed by atoms with Crippen LogP contribution >= 0.6 is 0 Å². The van der Waals surface area contributed by atoms with Gasteiger partial charge in [-0.05, 0) is 18.8 Å². The molecule has 1 heterocycles. The molecule has 4 nitrogen and oxygen atoms in total. The molecule has 1 atom stereocenters. The van der Waals surface area contributed by atoms with Crippen LogP contribution in [0.3, 0.4) is 0 Å². The van der Waals surface area contributed by atoms with E-state index in [1.807, 2.05) is 0 Å². The molecule has 0 spiro atoms. The van der Waals surface area contributed by atoms with Crippen molar-refractivity contribution >= 4 is 5.91 Å². The minimum atomic E-state index is -0.0247. The van der Waals surface area contributed by atoms with Crippen molar-refractivity contribution in [1.82, 2.24) is 5.06 Å². The van der Waals surface area contributed by atoms with Crippen LogP contribution in [0.4, 0.5) is 0 Å². The Balaban J connectivity index is 1.88. The number of hydrogen-bond acceptors (Lipinski definition) is 3. The molecule has 0 aromatic carbocycles. The van der Waals surface area contributed by atoms with Gasteiger partial charge in [0.05, 0.1) is 25.7 Å². The van der Waals surface area contributed by atoms with Crippen LogP contribution in [0.15, 0.2) is 0 Å². The Bertz CT molecular complexity index is 213. The summed E-state index contributed by atoms with van der Waals surface area (Å²) >= 11 is 0. The molecule has 0 aromatic rings. The second-order valence-corrected chi connectivity index (χ2v) is 4.11. The zero-order chi connectivity index (χ0) is 9.97. The maximum absolute atomic E-state index is 11.4. The molecule has 2 fully saturated rings. The highest BCUT2D eigenvalue weighted by atomic mass is 16.7. The smallest absolute Gasteiger partial charge is 0.248 e. The first-order valence-corrected chi connectivity index (χ1v) is 5.39. The van der Waals surface area contributed by atoms with Gasteiger partial charge in [-0.1, -0.05) is 12.8 Å². The van der Waals surface area contributed by atoms with Gasteiger partial charge in [-0.3, -0.25) is 9.63 Å². The molecular weight excluding hydrogens is 182 g/mol. The number of rotatable bonds is 3. The number of hydrogen-bond donors (Lipinski definition) is 1. The van der Waals surface area contributed by atoms with Gasteiger partial charge in [-0.15, -0.1) is 0 Å². The van der Waals surface area contributed by atoms with Gasteiger partial charge >= 0.3 is 0 Å². The number of nitrogens with zero attached hydrogens (tertiary/aromatic N) is 1. The fourth-order valence-electron chi connectivity index (χ4n) is 2.38. The van der Waals surface area contributed by atoms with Gasteiger partial charge in [0.15, 0.2) is 0 Å². The quantitative estimate of drug-likeness (QED) is 0.728. The van der Waals surface area contributed by atoms with Gasteiger partial charge in [0, 0.05) is 0 Å². The van der Waals surface area contributed by atoms with Gasteiger partial charge in [0.25, 0.3) is 0 Å². The van der Waals surface area contributed by atoms with Crippen LogP contribution in [0.1, 0.15) is 32.1 Å². The van der Waals surface area contributed by atoms with E-state index < -0.39 is 0 Å². The second kappa shape index (κ2) is 4.28. The third-order valence-corrected chi connectivity index (χ3v) is 3.15. The van der Waals surface area contributed by atoms with Crippen LogP contribution in [0.25, 0.3) is 0 Å². The summed E-state index contributed by atoms with van der Waals surface area (Å²) in [6, 6.07) is 0. The normalized spacial score (nSPS) is 29.1. The van der Waals surface area contributed by atoms with E-state index >= 15 is 0 Å². The molecule has 14 heavy (non-hydrogen) atoms. The number of hydroxylamine groups is 2. The molecule has 2 rings (SSSR count). The minimum Gasteiger partial charge on any atom is -0.394 e. The van der Waals surface area contributed by atoms with E-state index in [4.69, 9.17) is 9.94 Å². The lowest BCUT2D eigenvalue weighted by Crippen LogP contribution is -2.27. The van der Waals surface area contributed by atoms with Crippen molar-refractivity contribution < 1.29 is 14.7 Å². The fourth-order valence-corrected chi connectivity index (χ4v) is 2.38. The molecule has 1 saturated heterocycles. The van der Waals surface area contributed by atoms with Crippen LogP contribution in [-0.2, 0) is 9.63 Å². The first kappa shape index (κ1) is 9.93. The number of carbonyl (C=O) groups is 1. The molecule has 80 valence electrons. The summed E-state index contributed by atoms with van der Waals surface area (Å²) in [6.07, 6.45) is 5.48. The van der Waals surface area contributed by atoms with Gasteiger partial charge < -0.3 is 5.11 Å². The molecule has 0 radical (unpaired) electrons. The molecule has 1 amide bonds. The molecule has 1 N–H and O–H groups in total. The maximum atomic E-state index is 11.4. The Morgan fingerprint density at radius 2 is 2.14 bits per heavy atom. The Morgan fingerprint density at radius 3 is 2.79 bits per heavy atom. The summed E-state index contributed by atoms with van der Waals surface area (Å²) in [5.41, 5.74) is 0. The average molecular weight is 199 g/mol. The predicted molar refractivity (Wildman–Crippen MR) is 50.2 cm³/mol. The minimum absolute atomic E-state index is 0.0240. The summed E-state index contributed by atoms with van der Waals surface area (Å²) in [5.74, 6) is 0.582. The third kappa shape index (κ3) is 1.91. The predicted octanol–water partition coefficient (Wildman–Crippen LogP) is 0.701. The second-order valence-electron chi connectivity index (χ2n) is 4.11. The van der Waals surface area contributed by atoms with Crippen molar-refractivity contribution in [3.05, 3.63) is 0 Å². The highest BCUT2D eigenvalue weighted by Gasteiger charge is 2.37. The summed E-state index contributed by atoms with van der Waals surface area (Å²) in [4.78, 5) is 16.9. The Morgan fingerprint density at radius 1 is 1.43 bits per heavy atom. The van der Waals surface area contributed by atoms with E-state index in [1.165, 1.54) is 30.7 Å². The van der Waals surface area contributed by atoms with E-state index in [1.54, 1.807) is 0 Å². The van der Waals surface area contributed by atoms with Crippen molar-refractivity contribution in [2.75, 3.05) is 13.2 Å². The van der Waals surface area contributed by atoms with Crippen LogP contribution in [0, 0.1) is 5.92 Å². The zero-order valence-corrected chi connectivity index (χ0v) is 8.32. The van der Waals surface area contributed by atoms with Crippen LogP contribution in [0.2, 0.25) is 0 Å². The standard InChI is InChI=1S/C10H17NO3/c12-6-5-11-10(13)7-9(14-11)8-3-1-2-4-8/h8-9,12H,1-7H2. The lowest BCUT2D eigenvalue weighted by atomic mass is 9.99. The van der Waals surface area contributed by atoms with E-state index in [-0.39, 0.29) is 18.6 Å². The van der Waals surface area contributed by atoms with Gasteiger partial charge in [-0.2, -0.15) is 0 Å². The Kier molecular flexibility index (Phi) is 3.03. The molecule has 1 saturated carbocycles. The van der Waals surface area contributed by atoms with E-state index in [2.05, 4.69) is 0 Å². The summed E-state index contributed by atoms with van der Waals surface area (Å²) in [5, 5.41) is 10.0. The molecule has 2 aliphatic rings. The topological polar surface area (TPSA) is 49.8 Å². The fraction of sp³-hybridized carbons (Fsp3) is 0.900. The number of β-amino-alcohol motifs (C(OH)–C–C–N with tert-alkyl or cyclic N) is 1. The van der Waals surface area contributed by atoms with Crippen molar-refractivity contribution in [2.45, 2.75) is 38.2 Å². The largest absolute Gasteiger partial charge is 0.394 e. The van der Waals surface area contributed by atoms with E-state index in [0.717, 1.165) is 0 Å². The molecular formula is C10H17NO3. The molecule has 1 unspecified atom stereocenters. The van der Waals surface area contributed by atoms with Crippen LogP contribution in [0.5, 0.6) is 0 Å². The van der Waals surface area contributed by atoms with Crippen molar-refractivity contribution in [3.63, 3.8) is 0 Å². The van der Waals surface area contributed by atoms with Crippen molar-refractivity contribution in [2.24, 2.45) is 5.92 Å². The summed E-state index contributed by atoms with van der Waals surface area (Å²) in [7, 11) is 0. The van der Waals surface area contributed by atoms with Crippen molar-refractivity contribution in [1.29, 1.82) is 0 Å². The third-order valence-electron chi connectivity index (χ3n) is 3.15. The molecule has 0 bridgehead atoms. The first-order valence-electron chi connectivity index (χ1n) is 5.39. The first-order chi connectivity index (χ1) is 6.81. The Labute approximate surface area is 83.8 Å². The van der Waals surface area contributed by atoms with E-state index in [0.29, 0.717) is 18.9 Å². The maximum Gasteiger partial charge on any atom is 0.248 e. The van der Waals surface area contributed by atoms with Crippen molar-refractivity contribution in [3.8, 4) is 0 Å². The van der Waals surface area contributed by atoms with E-state index in [9.17, 15) is 4.79 Å². The number of carbonyl (C=O) groups excluding carboxylic acids is 1. The van der Waals surface area contributed by atoms with Crippen LogP contribution in [-0.4, -0.2) is 35.3 Å². The molecule has 1 aliphatic carbocycles. The monoisotopic (exact) mass is 199 g/mol. The average Bonchev–Trinajstić information content (AvgIpc) is 2.76. The van der Waals surface area contributed by atoms with Gasteiger partial charge in [-0.25, -0.2) is 5.06 Å². The number of amides is 1. The highest BCUT2D eigenvalue weighted by Crippen LogP contribution is 2.33. The lowest BCUT2D eigenvalue weighted by Gasteiger charge is -2.18. The highest BCUT2D eigenvalue weighted by molar-refractivity contribution is 5.77. The number of aliphatic hydroxyl groups excluding tert-OH is 1. The lowest BCUT2D eigenvalue weighted by molar-refractivity contribution is -0.181. The summed E-state index contributed by atoms with van der Waals surface area (Å²) in [6.45, 7) is 0.283. The zero-order valence-electron chi connectivity index (χ0n) is 8.32. The Hall–Kier alpha value is -0.610. The molecule has 4 heteroatoms.